The largest absolute Gasteiger partial charge is 0.396 e. The van der Waals surface area contributed by atoms with Crippen LogP contribution in [0.2, 0.25) is 0 Å². The minimum atomic E-state index is -0.338. The number of ether oxygens (including phenoxy) is 1. The molecule has 1 fully saturated rings. The summed E-state index contributed by atoms with van der Waals surface area (Å²) in [6.45, 7) is 2.55. The van der Waals surface area contributed by atoms with E-state index >= 15 is 0 Å². The van der Waals surface area contributed by atoms with Crippen molar-refractivity contribution < 1.29 is 14.6 Å². The lowest BCUT2D eigenvalue weighted by Crippen LogP contribution is -2.52. The second-order valence-corrected chi connectivity index (χ2v) is 4.55. The molecule has 1 aliphatic rings. The van der Waals surface area contributed by atoms with E-state index in [1.165, 1.54) is 4.68 Å². The summed E-state index contributed by atoms with van der Waals surface area (Å²) in [5, 5.41) is 13.2. The summed E-state index contributed by atoms with van der Waals surface area (Å²) in [4.78, 5) is 14.0. The number of morpholine rings is 1. The lowest BCUT2D eigenvalue weighted by molar-refractivity contribution is -0.0668. The molecule has 0 aliphatic carbocycles. The summed E-state index contributed by atoms with van der Waals surface area (Å²) in [5.41, 5.74) is 6.37. The molecule has 2 atom stereocenters. The van der Waals surface area contributed by atoms with Crippen LogP contribution in [-0.2, 0) is 11.8 Å². The number of hydrogen-bond acceptors (Lipinski definition) is 5. The third-order valence-electron chi connectivity index (χ3n) is 3.03. The van der Waals surface area contributed by atoms with Gasteiger partial charge in [0.1, 0.15) is 0 Å². The molecule has 0 spiro atoms. The quantitative estimate of drug-likeness (QED) is 0.722. The second kappa shape index (κ2) is 4.95. The molecular formula is C11H18N4O3. The van der Waals surface area contributed by atoms with Crippen molar-refractivity contribution in [2.45, 2.75) is 19.1 Å². The molecule has 2 rings (SSSR count). The third-order valence-corrected chi connectivity index (χ3v) is 3.03. The van der Waals surface area contributed by atoms with E-state index in [0.717, 1.165) is 0 Å². The van der Waals surface area contributed by atoms with Crippen LogP contribution in [0.25, 0.3) is 0 Å². The minimum Gasteiger partial charge on any atom is -0.396 e. The van der Waals surface area contributed by atoms with Crippen LogP contribution in [0.5, 0.6) is 0 Å². The van der Waals surface area contributed by atoms with Crippen LogP contribution >= 0.6 is 0 Å². The summed E-state index contributed by atoms with van der Waals surface area (Å²) in [7, 11) is 1.71. The lowest BCUT2D eigenvalue weighted by atomic mass is 10.2. The Labute approximate surface area is 105 Å². The van der Waals surface area contributed by atoms with Gasteiger partial charge in [0.15, 0.2) is 5.69 Å². The molecule has 3 N–H and O–H groups in total. The number of nitrogen functional groups attached to an aromatic ring is 1. The van der Waals surface area contributed by atoms with E-state index in [1.807, 2.05) is 6.92 Å². The van der Waals surface area contributed by atoms with Crippen molar-refractivity contribution in [2.24, 2.45) is 7.05 Å². The number of amides is 1. The molecule has 1 aromatic heterocycles. The first kappa shape index (κ1) is 12.8. The van der Waals surface area contributed by atoms with Gasteiger partial charge in [-0.1, -0.05) is 0 Å². The molecule has 0 aromatic carbocycles. The van der Waals surface area contributed by atoms with E-state index in [9.17, 15) is 4.79 Å². The fraction of sp³-hybridized carbons (Fsp3) is 0.636. The van der Waals surface area contributed by atoms with E-state index < -0.39 is 0 Å². The topological polar surface area (TPSA) is 93.6 Å². The normalized spacial score (nSPS) is 24.3. The van der Waals surface area contributed by atoms with Gasteiger partial charge in [-0.3, -0.25) is 9.48 Å². The van der Waals surface area contributed by atoms with Gasteiger partial charge >= 0.3 is 0 Å². The highest BCUT2D eigenvalue weighted by atomic mass is 16.5. The van der Waals surface area contributed by atoms with Gasteiger partial charge in [0.05, 0.1) is 31.0 Å². The number of aliphatic hydroxyl groups excluding tert-OH is 1. The first-order valence-electron chi connectivity index (χ1n) is 5.85. The number of rotatable bonds is 2. The van der Waals surface area contributed by atoms with Gasteiger partial charge in [-0.2, -0.15) is 5.10 Å². The molecule has 0 radical (unpaired) electrons. The predicted octanol–water partition coefficient (Wildman–Crippen LogP) is -0.776. The highest BCUT2D eigenvalue weighted by molar-refractivity contribution is 5.97. The van der Waals surface area contributed by atoms with Gasteiger partial charge in [-0.25, -0.2) is 0 Å². The van der Waals surface area contributed by atoms with Gasteiger partial charge in [0.2, 0.25) is 0 Å². The average molecular weight is 254 g/mol. The van der Waals surface area contributed by atoms with Crippen LogP contribution in [-0.4, -0.2) is 57.6 Å². The van der Waals surface area contributed by atoms with E-state index in [4.69, 9.17) is 15.6 Å². The predicted molar refractivity (Wildman–Crippen MR) is 64.9 cm³/mol. The smallest absolute Gasteiger partial charge is 0.276 e. The van der Waals surface area contributed by atoms with Crippen molar-refractivity contribution in [1.29, 1.82) is 0 Å². The molecule has 1 amide bonds. The number of carbonyl (C=O) groups is 1. The monoisotopic (exact) mass is 254 g/mol. The van der Waals surface area contributed by atoms with Crippen LogP contribution in [0.15, 0.2) is 6.20 Å². The third kappa shape index (κ3) is 2.32. The van der Waals surface area contributed by atoms with Crippen molar-refractivity contribution in [1.82, 2.24) is 14.7 Å². The van der Waals surface area contributed by atoms with Crippen molar-refractivity contribution in [3.8, 4) is 0 Å². The molecule has 1 saturated heterocycles. The Morgan fingerprint density at radius 1 is 1.72 bits per heavy atom. The van der Waals surface area contributed by atoms with Crippen molar-refractivity contribution in [3.63, 3.8) is 0 Å². The fourth-order valence-electron chi connectivity index (χ4n) is 2.02. The first-order valence-corrected chi connectivity index (χ1v) is 5.85. The van der Waals surface area contributed by atoms with Crippen LogP contribution in [0.4, 0.5) is 5.69 Å². The molecule has 7 heteroatoms. The maximum absolute atomic E-state index is 12.3. The number of nitrogens with two attached hydrogens (primary N) is 1. The van der Waals surface area contributed by atoms with E-state index in [-0.39, 0.29) is 30.4 Å². The van der Waals surface area contributed by atoms with Crippen molar-refractivity contribution in [2.75, 3.05) is 25.5 Å². The summed E-state index contributed by atoms with van der Waals surface area (Å²) in [6.07, 6.45) is 1.26. The Bertz CT molecular complexity index is 445. The minimum absolute atomic E-state index is 0.0540. The number of aromatic nitrogens is 2. The molecule has 7 nitrogen and oxygen atoms in total. The number of hydrogen-bond donors (Lipinski definition) is 2. The van der Waals surface area contributed by atoms with E-state index in [2.05, 4.69) is 5.10 Å². The zero-order chi connectivity index (χ0) is 13.3. The Kier molecular flexibility index (Phi) is 3.53. The summed E-state index contributed by atoms with van der Waals surface area (Å²) in [6, 6.07) is -0.0540. The highest BCUT2D eigenvalue weighted by Crippen LogP contribution is 2.17. The van der Waals surface area contributed by atoms with E-state index in [0.29, 0.717) is 18.8 Å². The molecule has 0 saturated carbocycles. The summed E-state index contributed by atoms with van der Waals surface area (Å²) >= 11 is 0. The highest BCUT2D eigenvalue weighted by Gasteiger charge is 2.31. The number of aliphatic hydroxyl groups is 1. The van der Waals surface area contributed by atoms with Gasteiger partial charge in [-0.15, -0.1) is 0 Å². The molecule has 2 unspecified atom stereocenters. The number of anilines is 1. The Balaban J connectivity index is 2.19. The Morgan fingerprint density at radius 3 is 3.00 bits per heavy atom. The van der Waals surface area contributed by atoms with Crippen LogP contribution in [0, 0.1) is 0 Å². The molecule has 2 heterocycles. The maximum atomic E-state index is 12.3. The Morgan fingerprint density at radius 2 is 2.44 bits per heavy atom. The molecular weight excluding hydrogens is 236 g/mol. The first-order chi connectivity index (χ1) is 8.52. The Hall–Kier alpha value is -1.60. The van der Waals surface area contributed by atoms with Gasteiger partial charge in [0, 0.05) is 19.8 Å². The van der Waals surface area contributed by atoms with Gasteiger partial charge < -0.3 is 20.5 Å². The van der Waals surface area contributed by atoms with Crippen molar-refractivity contribution in [3.05, 3.63) is 11.9 Å². The second-order valence-electron chi connectivity index (χ2n) is 4.55. The molecule has 100 valence electrons. The average Bonchev–Trinajstić information content (AvgIpc) is 2.68. The maximum Gasteiger partial charge on any atom is 0.276 e. The molecule has 18 heavy (non-hydrogen) atoms. The standard InChI is InChI=1S/C11H18N4O3/c1-7-6-18-8(5-16)3-15(7)11(17)10-9(12)4-14(2)13-10/h4,7-8,16H,3,5-6,12H2,1-2H3. The van der Waals surface area contributed by atoms with Crippen LogP contribution in [0.1, 0.15) is 17.4 Å². The van der Waals surface area contributed by atoms with Gasteiger partial charge in [-0.05, 0) is 6.92 Å². The van der Waals surface area contributed by atoms with E-state index in [1.54, 1.807) is 18.1 Å². The summed E-state index contributed by atoms with van der Waals surface area (Å²) in [5.74, 6) is -0.220. The van der Waals surface area contributed by atoms with Crippen molar-refractivity contribution >= 4 is 11.6 Å². The SMILES string of the molecule is CC1COC(CO)CN1C(=O)c1nn(C)cc1N. The summed E-state index contributed by atoms with van der Waals surface area (Å²) < 4.78 is 6.90. The van der Waals surface area contributed by atoms with Crippen LogP contribution in [0.3, 0.4) is 0 Å². The zero-order valence-electron chi connectivity index (χ0n) is 10.5. The zero-order valence-corrected chi connectivity index (χ0v) is 10.5. The molecule has 1 aliphatic heterocycles. The van der Waals surface area contributed by atoms with Gasteiger partial charge in [0.25, 0.3) is 5.91 Å². The fourth-order valence-corrected chi connectivity index (χ4v) is 2.02. The number of aryl methyl sites for hydroxylation is 1. The lowest BCUT2D eigenvalue weighted by Gasteiger charge is -2.37. The molecule has 0 bridgehead atoms. The molecule has 1 aromatic rings. The number of nitrogens with zero attached hydrogens (tertiary/aromatic N) is 3. The number of carbonyl (C=O) groups excluding carboxylic acids is 1. The van der Waals surface area contributed by atoms with Crippen LogP contribution < -0.4 is 5.73 Å².